The van der Waals surface area contributed by atoms with Crippen LogP contribution in [0.25, 0.3) is 5.43 Å². The Bertz CT molecular complexity index is 67.3. The standard InChI is InChI=1S/C3H5N2O.Ac/c6-3-1-2-4-5-3;/h1-2H2,(H,5,6);/q-1;. The smallest absolute Gasteiger partial charge is 0.201 e. The van der Waals surface area contributed by atoms with E-state index >= 15 is 0 Å². The van der Waals surface area contributed by atoms with Crippen molar-refractivity contribution in [3.63, 3.8) is 0 Å². The van der Waals surface area contributed by atoms with Gasteiger partial charge in [-0.2, -0.15) is 0 Å². The van der Waals surface area contributed by atoms with Crippen LogP contribution in [0.3, 0.4) is 0 Å². The summed E-state index contributed by atoms with van der Waals surface area (Å²) in [5.41, 5.74) is 5.87. The molecule has 3 nitrogen and oxygen atoms in total. The van der Waals surface area contributed by atoms with Crippen molar-refractivity contribution in [1.29, 1.82) is 0 Å². The van der Waals surface area contributed by atoms with Crippen molar-refractivity contribution in [1.82, 2.24) is 5.43 Å². The third kappa shape index (κ3) is 2.63. The summed E-state index contributed by atoms with van der Waals surface area (Å²) in [7, 11) is 0. The second kappa shape index (κ2) is 3.82. The molecule has 0 bridgehead atoms. The number of hydrogen-bond donors (Lipinski definition) is 1. The summed E-state index contributed by atoms with van der Waals surface area (Å²) in [6.45, 7) is 0.652. The van der Waals surface area contributed by atoms with E-state index in [2.05, 4.69) is 10.9 Å². The molecule has 7 heavy (non-hydrogen) atoms. The van der Waals surface area contributed by atoms with Crippen LogP contribution in [0.5, 0.6) is 0 Å². The van der Waals surface area contributed by atoms with E-state index in [1.54, 1.807) is 0 Å². The van der Waals surface area contributed by atoms with Crippen LogP contribution in [0, 0.1) is 44.1 Å². The zero-order chi connectivity index (χ0) is 4.41. The first-order valence-corrected chi connectivity index (χ1v) is 1.85. The number of carbonyl (C=O) groups excluding carboxylic acids is 1. The van der Waals surface area contributed by atoms with Gasteiger partial charge in [0.25, 0.3) is 0 Å². The molecule has 0 unspecified atom stereocenters. The molecular formula is C3H5AcN2O-. The molecule has 0 aliphatic carbocycles. The molecule has 1 fully saturated rings. The van der Waals surface area contributed by atoms with Gasteiger partial charge in [-0.3, -0.25) is 4.79 Å². The first-order chi connectivity index (χ1) is 2.89. The molecule has 1 heterocycles. The van der Waals surface area contributed by atoms with E-state index in [1.165, 1.54) is 0 Å². The Morgan fingerprint density at radius 1 is 1.71 bits per heavy atom. The fourth-order valence-electron chi connectivity index (χ4n) is 0.357. The molecule has 1 aliphatic rings. The predicted molar refractivity (Wildman–Crippen MR) is 21.0 cm³/mol. The zero-order valence-corrected chi connectivity index (χ0v) is 8.59. The Kier molecular flexibility index (Phi) is 4.30. The number of nitrogens with zero attached hydrogens (tertiary/aromatic N) is 1. The van der Waals surface area contributed by atoms with E-state index in [4.69, 9.17) is 0 Å². The minimum Gasteiger partial charge on any atom is -0.568 e. The molecule has 1 amide bonds. The number of hydrogen-bond acceptors (Lipinski definition) is 1. The zero-order valence-electron chi connectivity index (χ0n) is 3.85. The molecule has 1 aliphatic heterocycles. The average Bonchev–Trinajstić information content (AvgIpc) is 1.86. The summed E-state index contributed by atoms with van der Waals surface area (Å²) in [5, 5.41) is 0. The van der Waals surface area contributed by atoms with Gasteiger partial charge in [-0.15, -0.1) is 6.54 Å². The maximum absolute atomic E-state index is 10.0. The maximum atomic E-state index is 10.0. The van der Waals surface area contributed by atoms with Crippen LogP contribution in [0.15, 0.2) is 0 Å². The molecule has 0 aromatic carbocycles. The van der Waals surface area contributed by atoms with Gasteiger partial charge in [0.2, 0.25) is 5.91 Å². The molecule has 1 rings (SSSR count). The summed E-state index contributed by atoms with van der Waals surface area (Å²) in [6.07, 6.45) is 0.569. The number of nitrogens with one attached hydrogen (secondary N) is 1. The fourth-order valence-corrected chi connectivity index (χ4v) is 0.357. The van der Waals surface area contributed by atoms with Gasteiger partial charge < -0.3 is 10.9 Å². The topological polar surface area (TPSA) is 43.2 Å². The van der Waals surface area contributed by atoms with Crippen molar-refractivity contribution in [3.05, 3.63) is 5.43 Å². The van der Waals surface area contributed by atoms with Gasteiger partial charge in [0.1, 0.15) is 0 Å². The molecule has 0 spiro atoms. The number of rotatable bonds is 0. The maximum Gasteiger partial charge on any atom is 0.201 e. The van der Waals surface area contributed by atoms with Crippen LogP contribution in [-0.2, 0) is 4.79 Å². The number of carbonyl (C=O) groups is 1. The third-order valence-corrected chi connectivity index (χ3v) is 0.654. The average molecular weight is 312 g/mol. The van der Waals surface area contributed by atoms with Crippen LogP contribution < -0.4 is 5.43 Å². The van der Waals surface area contributed by atoms with Gasteiger partial charge >= 0.3 is 0 Å². The second-order valence-electron chi connectivity index (χ2n) is 1.17. The third-order valence-electron chi connectivity index (χ3n) is 0.654. The Balaban J connectivity index is 0.000000360. The molecule has 0 atom stereocenters. The van der Waals surface area contributed by atoms with Crippen molar-refractivity contribution in [3.8, 4) is 0 Å². The predicted octanol–water partition coefficient (Wildman–Crippen LogP) is -0.205. The summed E-state index contributed by atoms with van der Waals surface area (Å²) in [6, 6.07) is 0. The molecular weight excluding hydrogens is 307 g/mol. The minimum absolute atomic E-state index is 0. The van der Waals surface area contributed by atoms with E-state index in [9.17, 15) is 4.79 Å². The first kappa shape index (κ1) is 7.87. The summed E-state index contributed by atoms with van der Waals surface area (Å²) in [5.74, 6) is 0.0370. The normalized spacial score (nSPS) is 18.0. The Labute approximate surface area is 77.8 Å². The summed E-state index contributed by atoms with van der Waals surface area (Å²) < 4.78 is 0. The molecule has 0 aromatic rings. The van der Waals surface area contributed by atoms with Crippen molar-refractivity contribution in [2.75, 3.05) is 6.54 Å². The van der Waals surface area contributed by atoms with E-state index in [1.807, 2.05) is 0 Å². The molecule has 1 N–H and O–H groups in total. The number of amides is 1. The molecule has 1 saturated heterocycles. The largest absolute Gasteiger partial charge is 0.568 e. The van der Waals surface area contributed by atoms with Crippen LogP contribution in [0.4, 0.5) is 0 Å². The van der Waals surface area contributed by atoms with Crippen molar-refractivity contribution in [2.24, 2.45) is 0 Å². The molecule has 37 valence electrons. The Morgan fingerprint density at radius 2 is 2.43 bits per heavy atom. The van der Waals surface area contributed by atoms with Crippen LogP contribution >= 0.6 is 0 Å². The van der Waals surface area contributed by atoms with Gasteiger partial charge in [0.15, 0.2) is 0 Å². The minimum atomic E-state index is 0. The van der Waals surface area contributed by atoms with E-state index in [-0.39, 0.29) is 50.0 Å². The fraction of sp³-hybridized carbons (Fsp3) is 0.667. The second-order valence-corrected chi connectivity index (χ2v) is 1.17. The van der Waals surface area contributed by atoms with Gasteiger partial charge in [-0.05, 0) is 0 Å². The van der Waals surface area contributed by atoms with Gasteiger partial charge in [-0.1, -0.05) is 0 Å². The quantitative estimate of drug-likeness (QED) is 0.661. The summed E-state index contributed by atoms with van der Waals surface area (Å²) >= 11 is 0. The monoisotopic (exact) mass is 312 g/mol. The van der Waals surface area contributed by atoms with Crippen molar-refractivity contribution in [2.45, 2.75) is 6.42 Å². The molecule has 4 heteroatoms. The van der Waals surface area contributed by atoms with Gasteiger partial charge in [-0.25, -0.2) is 0 Å². The van der Waals surface area contributed by atoms with Gasteiger partial charge in [0.05, 0.1) is 0 Å². The van der Waals surface area contributed by atoms with Crippen LogP contribution in [0.1, 0.15) is 6.42 Å². The van der Waals surface area contributed by atoms with Crippen LogP contribution in [0.2, 0.25) is 0 Å². The molecule has 1 radical (unpaired) electrons. The Morgan fingerprint density at radius 3 is 2.57 bits per heavy atom. The van der Waals surface area contributed by atoms with E-state index in [0.29, 0.717) is 13.0 Å². The van der Waals surface area contributed by atoms with Crippen molar-refractivity contribution >= 4 is 5.91 Å². The van der Waals surface area contributed by atoms with Gasteiger partial charge in [0, 0.05) is 50.5 Å². The van der Waals surface area contributed by atoms with E-state index < -0.39 is 0 Å². The van der Waals surface area contributed by atoms with E-state index in [0.717, 1.165) is 0 Å². The SMILES string of the molecule is O=C1CC[N-]N1.[Ac]. The Hall–Kier alpha value is 0.872. The molecule has 0 aromatic heterocycles. The first-order valence-electron chi connectivity index (χ1n) is 1.85. The summed E-state index contributed by atoms with van der Waals surface area (Å²) in [4.78, 5) is 10.0. The van der Waals surface area contributed by atoms with Crippen LogP contribution in [-0.4, -0.2) is 12.5 Å². The molecule has 0 saturated carbocycles. The van der Waals surface area contributed by atoms with Crippen molar-refractivity contribution < 1.29 is 48.9 Å².